The summed E-state index contributed by atoms with van der Waals surface area (Å²) in [4.78, 5) is 20.2. The lowest BCUT2D eigenvalue weighted by Gasteiger charge is -2.27. The molecule has 0 unspecified atom stereocenters. The number of hydrogen-bond acceptors (Lipinski definition) is 3. The molecule has 3 aromatic rings. The molecule has 3 nitrogen and oxygen atoms in total. The fourth-order valence-corrected chi connectivity index (χ4v) is 4.58. The summed E-state index contributed by atoms with van der Waals surface area (Å²) in [5.41, 5.74) is 6.27. The topological polar surface area (TPSA) is 29.5 Å². The Hall–Kier alpha value is -3.43. The number of ketones is 1. The second kappa shape index (κ2) is 8.01. The van der Waals surface area contributed by atoms with Crippen molar-refractivity contribution < 1.29 is 9.63 Å². The highest BCUT2D eigenvalue weighted by molar-refractivity contribution is 6.03. The summed E-state index contributed by atoms with van der Waals surface area (Å²) < 4.78 is 0. The van der Waals surface area contributed by atoms with Gasteiger partial charge in [0.1, 0.15) is 12.1 Å². The Labute approximate surface area is 183 Å². The molecule has 3 atom stereocenters. The number of rotatable bonds is 4. The summed E-state index contributed by atoms with van der Waals surface area (Å²) >= 11 is 0. The number of fused-ring (bicyclic) bond motifs is 1. The molecular weight excluding hydrogens is 382 g/mol. The SMILES string of the molecule is C/C(=C1/C=C[C@@H]2ON(c3ccccc3)[C@@H](C(=O)c3ccc(C)cc3)[C@H]12)c1ccccc1. The smallest absolute Gasteiger partial charge is 0.188 e. The minimum absolute atomic E-state index is 0.0609. The summed E-state index contributed by atoms with van der Waals surface area (Å²) in [6, 6.07) is 27.7. The number of hydroxylamine groups is 1. The molecule has 1 aliphatic heterocycles. The van der Waals surface area contributed by atoms with Crippen LogP contribution >= 0.6 is 0 Å². The molecule has 0 N–H and O–H groups in total. The second-order valence-corrected chi connectivity index (χ2v) is 8.24. The first kappa shape index (κ1) is 19.5. The van der Waals surface area contributed by atoms with Gasteiger partial charge in [0, 0.05) is 11.5 Å². The Morgan fingerprint density at radius 3 is 2.16 bits per heavy atom. The molecule has 5 rings (SSSR count). The van der Waals surface area contributed by atoms with Crippen LogP contribution in [0.25, 0.3) is 5.57 Å². The number of nitrogens with zero attached hydrogens (tertiary/aromatic N) is 1. The van der Waals surface area contributed by atoms with Crippen molar-refractivity contribution in [3.8, 4) is 0 Å². The van der Waals surface area contributed by atoms with E-state index in [2.05, 4.69) is 31.2 Å². The number of Topliss-reactive ketones (excluding diaryl/α,β-unsaturated/α-hetero) is 1. The first-order valence-electron chi connectivity index (χ1n) is 10.7. The monoisotopic (exact) mass is 407 g/mol. The van der Waals surface area contributed by atoms with E-state index in [9.17, 15) is 4.79 Å². The van der Waals surface area contributed by atoms with Crippen LogP contribution in [0.2, 0.25) is 0 Å². The average Bonchev–Trinajstić information content (AvgIpc) is 3.39. The average molecular weight is 408 g/mol. The van der Waals surface area contributed by atoms with E-state index < -0.39 is 6.04 Å². The van der Waals surface area contributed by atoms with Gasteiger partial charge in [0.2, 0.25) is 0 Å². The molecule has 0 radical (unpaired) electrons. The number of carbonyl (C=O) groups excluding carboxylic acids is 1. The van der Waals surface area contributed by atoms with Crippen LogP contribution in [0, 0.1) is 12.8 Å². The van der Waals surface area contributed by atoms with Crippen molar-refractivity contribution in [1.29, 1.82) is 0 Å². The molecule has 3 aromatic carbocycles. The summed E-state index contributed by atoms with van der Waals surface area (Å²) in [5, 5.41) is 1.82. The van der Waals surface area contributed by atoms with Crippen molar-refractivity contribution in [3.63, 3.8) is 0 Å². The lowest BCUT2D eigenvalue weighted by atomic mass is 9.84. The van der Waals surface area contributed by atoms with Crippen LogP contribution < -0.4 is 5.06 Å². The maximum Gasteiger partial charge on any atom is 0.188 e. The summed E-state index contributed by atoms with van der Waals surface area (Å²) in [6.45, 7) is 4.17. The van der Waals surface area contributed by atoms with Crippen LogP contribution in [0.15, 0.2) is 103 Å². The molecule has 1 fully saturated rings. The third-order valence-electron chi connectivity index (χ3n) is 6.26. The zero-order valence-corrected chi connectivity index (χ0v) is 17.7. The summed E-state index contributed by atoms with van der Waals surface area (Å²) in [5.74, 6) is 0.0210. The van der Waals surface area contributed by atoms with Crippen LogP contribution in [0.4, 0.5) is 5.69 Å². The van der Waals surface area contributed by atoms with Gasteiger partial charge in [-0.1, -0.05) is 90.5 Å². The first-order chi connectivity index (χ1) is 15.1. The van der Waals surface area contributed by atoms with E-state index in [4.69, 9.17) is 4.84 Å². The number of carbonyl (C=O) groups is 1. The van der Waals surface area contributed by atoms with Crippen molar-refractivity contribution in [2.24, 2.45) is 5.92 Å². The van der Waals surface area contributed by atoms with E-state index in [1.165, 1.54) is 16.7 Å². The molecule has 0 saturated carbocycles. The summed E-state index contributed by atoms with van der Waals surface area (Å²) in [6.07, 6.45) is 4.06. The van der Waals surface area contributed by atoms with E-state index in [-0.39, 0.29) is 17.8 Å². The highest BCUT2D eigenvalue weighted by Gasteiger charge is 2.50. The van der Waals surface area contributed by atoms with E-state index in [0.29, 0.717) is 5.56 Å². The van der Waals surface area contributed by atoms with Crippen LogP contribution in [-0.4, -0.2) is 17.9 Å². The van der Waals surface area contributed by atoms with E-state index in [1.54, 1.807) is 0 Å². The third-order valence-corrected chi connectivity index (χ3v) is 6.26. The lowest BCUT2D eigenvalue weighted by Crippen LogP contribution is -2.40. The number of allylic oxidation sites excluding steroid dienone is 2. The van der Waals surface area contributed by atoms with Gasteiger partial charge in [-0.15, -0.1) is 0 Å². The molecule has 0 spiro atoms. The standard InChI is InChI=1S/C28H25NO2/c1-19-13-15-22(16-14-19)28(30)27-26-24(20(2)21-9-5-3-6-10-21)17-18-25(26)31-29(27)23-11-7-4-8-12-23/h3-18,25-27H,1-2H3/b24-20+/t25-,26+,27+/m0/s1. The van der Waals surface area contributed by atoms with Gasteiger partial charge in [-0.2, -0.15) is 0 Å². The molecule has 3 heteroatoms. The quantitative estimate of drug-likeness (QED) is 0.495. The second-order valence-electron chi connectivity index (χ2n) is 8.24. The lowest BCUT2D eigenvalue weighted by molar-refractivity contribution is 0.0885. The molecule has 1 saturated heterocycles. The molecule has 2 aliphatic rings. The fourth-order valence-electron chi connectivity index (χ4n) is 4.58. The van der Waals surface area contributed by atoms with E-state index in [0.717, 1.165) is 11.3 Å². The van der Waals surface area contributed by atoms with Crippen molar-refractivity contribution in [3.05, 3.63) is 119 Å². The zero-order valence-electron chi connectivity index (χ0n) is 17.7. The fraction of sp³-hybridized carbons (Fsp3) is 0.179. The number of benzene rings is 3. The van der Waals surface area contributed by atoms with Gasteiger partial charge in [0.15, 0.2) is 5.78 Å². The molecule has 1 heterocycles. The Kier molecular flexibility index (Phi) is 5.05. The van der Waals surface area contributed by atoms with E-state index >= 15 is 0 Å². The van der Waals surface area contributed by atoms with Crippen LogP contribution in [0.3, 0.4) is 0 Å². The molecule has 0 aromatic heterocycles. The van der Waals surface area contributed by atoms with Gasteiger partial charge < -0.3 is 0 Å². The first-order valence-corrected chi connectivity index (χ1v) is 10.7. The van der Waals surface area contributed by atoms with Gasteiger partial charge in [-0.25, -0.2) is 5.06 Å². The highest BCUT2D eigenvalue weighted by Crippen LogP contribution is 2.44. The highest BCUT2D eigenvalue weighted by atomic mass is 16.7. The van der Waals surface area contributed by atoms with Crippen molar-refractivity contribution in [1.82, 2.24) is 0 Å². The predicted molar refractivity (Wildman–Crippen MR) is 125 cm³/mol. The van der Waals surface area contributed by atoms with Crippen LogP contribution in [-0.2, 0) is 4.84 Å². The van der Waals surface area contributed by atoms with Crippen LogP contribution in [0.1, 0.15) is 28.4 Å². The number of hydrogen-bond donors (Lipinski definition) is 0. The van der Waals surface area contributed by atoms with Crippen molar-refractivity contribution in [2.45, 2.75) is 26.0 Å². The maximum absolute atomic E-state index is 13.8. The minimum Gasteiger partial charge on any atom is -0.292 e. The van der Waals surface area contributed by atoms with E-state index in [1.807, 2.05) is 84.8 Å². The minimum atomic E-state index is -0.432. The number of aryl methyl sites for hydroxylation is 1. The molecule has 1 aliphatic carbocycles. The molecule has 154 valence electrons. The predicted octanol–water partition coefficient (Wildman–Crippen LogP) is 6.03. The van der Waals surface area contributed by atoms with Gasteiger partial charge in [0.25, 0.3) is 0 Å². The Morgan fingerprint density at radius 1 is 0.839 bits per heavy atom. The molecule has 0 bridgehead atoms. The van der Waals surface area contributed by atoms with Crippen molar-refractivity contribution in [2.75, 3.05) is 5.06 Å². The zero-order chi connectivity index (χ0) is 21.4. The number of anilines is 1. The Morgan fingerprint density at radius 2 is 1.48 bits per heavy atom. The molecule has 31 heavy (non-hydrogen) atoms. The largest absolute Gasteiger partial charge is 0.292 e. The third kappa shape index (κ3) is 3.51. The maximum atomic E-state index is 13.8. The van der Waals surface area contributed by atoms with Gasteiger partial charge in [-0.05, 0) is 42.7 Å². The Bertz CT molecular complexity index is 1150. The molecular formula is C28H25NO2. The van der Waals surface area contributed by atoms with Crippen LogP contribution in [0.5, 0.6) is 0 Å². The summed E-state index contributed by atoms with van der Waals surface area (Å²) in [7, 11) is 0. The van der Waals surface area contributed by atoms with Gasteiger partial charge in [0.05, 0.1) is 5.69 Å². The van der Waals surface area contributed by atoms with Gasteiger partial charge >= 0.3 is 0 Å². The van der Waals surface area contributed by atoms with Gasteiger partial charge in [-0.3, -0.25) is 9.63 Å². The normalized spacial score (nSPS) is 23.7. The van der Waals surface area contributed by atoms with Crippen molar-refractivity contribution >= 4 is 17.0 Å². The molecule has 0 amide bonds. The Balaban J connectivity index is 1.60. The number of para-hydroxylation sites is 1.